The van der Waals surface area contributed by atoms with E-state index in [1.54, 1.807) is 0 Å². The Labute approximate surface area is 94.9 Å². The molecule has 0 radical (unpaired) electrons. The van der Waals surface area contributed by atoms with E-state index in [-0.39, 0.29) is 0 Å². The summed E-state index contributed by atoms with van der Waals surface area (Å²) in [6.45, 7) is 0.575. The number of nitrogens with zero attached hydrogens (tertiary/aromatic N) is 2. The first-order valence-corrected chi connectivity index (χ1v) is 5.70. The van der Waals surface area contributed by atoms with Crippen molar-refractivity contribution < 1.29 is 0 Å². The van der Waals surface area contributed by atoms with Crippen LogP contribution in [0.4, 0.5) is 0 Å². The van der Waals surface area contributed by atoms with Crippen molar-refractivity contribution in [1.29, 1.82) is 0 Å². The summed E-state index contributed by atoms with van der Waals surface area (Å²) in [7, 11) is 0. The van der Waals surface area contributed by atoms with Gasteiger partial charge in [-0.15, -0.1) is 0 Å². The molecule has 2 aromatic rings. The molecule has 1 fully saturated rings. The van der Waals surface area contributed by atoms with Gasteiger partial charge in [0.25, 0.3) is 0 Å². The summed E-state index contributed by atoms with van der Waals surface area (Å²) in [5.41, 5.74) is 9.37. The zero-order chi connectivity index (χ0) is 11.0. The van der Waals surface area contributed by atoms with Crippen LogP contribution in [0.1, 0.15) is 24.4 Å². The SMILES string of the molecule is NCc1ccccc1-c1cncn1C1CC1. The van der Waals surface area contributed by atoms with Crippen LogP contribution in [0, 0.1) is 0 Å². The Bertz CT molecular complexity index is 497. The van der Waals surface area contributed by atoms with Crippen LogP contribution in [0.3, 0.4) is 0 Å². The third-order valence-corrected chi connectivity index (χ3v) is 3.12. The normalized spacial score (nSPS) is 15.3. The minimum Gasteiger partial charge on any atom is -0.327 e. The minimum absolute atomic E-state index is 0.575. The predicted molar refractivity (Wildman–Crippen MR) is 63.8 cm³/mol. The molecule has 3 rings (SSSR count). The summed E-state index contributed by atoms with van der Waals surface area (Å²) >= 11 is 0. The smallest absolute Gasteiger partial charge is 0.0953 e. The summed E-state index contributed by atoms with van der Waals surface area (Å²) in [4.78, 5) is 4.26. The quantitative estimate of drug-likeness (QED) is 0.850. The molecule has 3 nitrogen and oxygen atoms in total. The van der Waals surface area contributed by atoms with Crippen LogP contribution in [0.25, 0.3) is 11.3 Å². The lowest BCUT2D eigenvalue weighted by Gasteiger charge is -2.10. The molecule has 0 unspecified atom stereocenters. The fourth-order valence-electron chi connectivity index (χ4n) is 2.11. The van der Waals surface area contributed by atoms with Crippen LogP contribution in [0.15, 0.2) is 36.8 Å². The van der Waals surface area contributed by atoms with E-state index in [9.17, 15) is 0 Å². The Morgan fingerprint density at radius 3 is 2.88 bits per heavy atom. The second-order valence-corrected chi connectivity index (χ2v) is 4.28. The van der Waals surface area contributed by atoms with Crippen molar-refractivity contribution in [2.45, 2.75) is 25.4 Å². The Balaban J connectivity index is 2.10. The van der Waals surface area contributed by atoms with Gasteiger partial charge in [0.05, 0.1) is 18.2 Å². The molecule has 0 amide bonds. The van der Waals surface area contributed by atoms with E-state index in [4.69, 9.17) is 5.73 Å². The molecule has 1 heterocycles. The van der Waals surface area contributed by atoms with Gasteiger partial charge in [-0.05, 0) is 18.4 Å². The number of rotatable bonds is 3. The van der Waals surface area contributed by atoms with Crippen molar-refractivity contribution in [3.8, 4) is 11.3 Å². The molecule has 0 saturated heterocycles. The molecule has 16 heavy (non-hydrogen) atoms. The molecular formula is C13H15N3. The van der Waals surface area contributed by atoms with E-state index in [1.165, 1.54) is 29.7 Å². The van der Waals surface area contributed by atoms with Crippen LogP contribution in [0.5, 0.6) is 0 Å². The standard InChI is InChI=1S/C13H15N3/c14-7-10-3-1-2-4-12(10)13-8-15-9-16(13)11-5-6-11/h1-4,8-9,11H,5-7,14H2. The first-order valence-electron chi connectivity index (χ1n) is 5.70. The molecule has 0 aliphatic heterocycles. The van der Waals surface area contributed by atoms with Crippen LogP contribution in [-0.2, 0) is 6.54 Å². The number of aromatic nitrogens is 2. The van der Waals surface area contributed by atoms with Crippen molar-refractivity contribution in [3.05, 3.63) is 42.4 Å². The van der Waals surface area contributed by atoms with E-state index in [1.807, 2.05) is 18.6 Å². The molecule has 1 aliphatic carbocycles. The van der Waals surface area contributed by atoms with Gasteiger partial charge in [0.2, 0.25) is 0 Å². The van der Waals surface area contributed by atoms with E-state index >= 15 is 0 Å². The molecule has 1 aromatic carbocycles. The highest BCUT2D eigenvalue weighted by atomic mass is 15.1. The summed E-state index contributed by atoms with van der Waals surface area (Å²) in [5, 5.41) is 0. The maximum Gasteiger partial charge on any atom is 0.0953 e. The number of hydrogen-bond acceptors (Lipinski definition) is 2. The fourth-order valence-corrected chi connectivity index (χ4v) is 2.11. The van der Waals surface area contributed by atoms with Crippen molar-refractivity contribution >= 4 is 0 Å². The Morgan fingerprint density at radius 2 is 2.12 bits per heavy atom. The van der Waals surface area contributed by atoms with E-state index in [2.05, 4.69) is 27.8 Å². The van der Waals surface area contributed by atoms with Crippen molar-refractivity contribution in [2.75, 3.05) is 0 Å². The van der Waals surface area contributed by atoms with Crippen molar-refractivity contribution in [1.82, 2.24) is 9.55 Å². The number of nitrogens with two attached hydrogens (primary N) is 1. The molecule has 0 bridgehead atoms. The average Bonchev–Trinajstić information content (AvgIpc) is 3.07. The van der Waals surface area contributed by atoms with Gasteiger partial charge >= 0.3 is 0 Å². The highest BCUT2D eigenvalue weighted by Gasteiger charge is 2.25. The highest BCUT2D eigenvalue weighted by molar-refractivity contribution is 5.63. The third-order valence-electron chi connectivity index (χ3n) is 3.12. The van der Waals surface area contributed by atoms with Crippen molar-refractivity contribution in [3.63, 3.8) is 0 Å². The van der Waals surface area contributed by atoms with Gasteiger partial charge in [-0.25, -0.2) is 4.98 Å². The van der Waals surface area contributed by atoms with E-state index < -0.39 is 0 Å². The Morgan fingerprint density at radius 1 is 1.31 bits per heavy atom. The molecule has 0 atom stereocenters. The van der Waals surface area contributed by atoms with E-state index in [0.717, 1.165) is 0 Å². The first-order chi connectivity index (χ1) is 7.90. The topological polar surface area (TPSA) is 43.8 Å². The van der Waals surface area contributed by atoms with E-state index in [0.29, 0.717) is 12.6 Å². The molecule has 1 aliphatic rings. The van der Waals surface area contributed by atoms with Gasteiger partial charge in [-0.3, -0.25) is 0 Å². The Kier molecular flexibility index (Phi) is 2.26. The second kappa shape index (κ2) is 3.76. The van der Waals surface area contributed by atoms with Gasteiger partial charge in [-0.2, -0.15) is 0 Å². The first kappa shape index (κ1) is 9.60. The van der Waals surface area contributed by atoms with Crippen LogP contribution >= 0.6 is 0 Å². The highest BCUT2D eigenvalue weighted by Crippen LogP contribution is 2.38. The summed E-state index contributed by atoms with van der Waals surface area (Å²) in [6.07, 6.45) is 6.41. The zero-order valence-corrected chi connectivity index (χ0v) is 9.13. The van der Waals surface area contributed by atoms with Gasteiger partial charge in [0.1, 0.15) is 0 Å². The van der Waals surface area contributed by atoms with Gasteiger partial charge < -0.3 is 10.3 Å². The summed E-state index contributed by atoms with van der Waals surface area (Å²) < 4.78 is 2.27. The molecule has 0 spiro atoms. The minimum atomic E-state index is 0.575. The fraction of sp³-hybridized carbons (Fsp3) is 0.308. The largest absolute Gasteiger partial charge is 0.327 e. The monoisotopic (exact) mass is 213 g/mol. The molecule has 2 N–H and O–H groups in total. The van der Waals surface area contributed by atoms with Gasteiger partial charge in [0, 0.05) is 18.2 Å². The molecule has 82 valence electrons. The average molecular weight is 213 g/mol. The second-order valence-electron chi connectivity index (χ2n) is 4.28. The summed E-state index contributed by atoms with van der Waals surface area (Å²) in [5.74, 6) is 0. The maximum atomic E-state index is 5.77. The van der Waals surface area contributed by atoms with Crippen LogP contribution in [-0.4, -0.2) is 9.55 Å². The molecule has 1 saturated carbocycles. The zero-order valence-electron chi connectivity index (χ0n) is 9.13. The molecule has 3 heteroatoms. The molecule has 1 aromatic heterocycles. The molecular weight excluding hydrogens is 198 g/mol. The Hall–Kier alpha value is -1.61. The lowest BCUT2D eigenvalue weighted by Crippen LogP contribution is -2.01. The maximum absolute atomic E-state index is 5.77. The number of imidazole rings is 1. The van der Waals surface area contributed by atoms with Gasteiger partial charge in [-0.1, -0.05) is 24.3 Å². The summed E-state index contributed by atoms with van der Waals surface area (Å²) in [6, 6.07) is 8.95. The predicted octanol–water partition coefficient (Wildman–Crippen LogP) is 2.34. The number of benzene rings is 1. The lowest BCUT2D eigenvalue weighted by molar-refractivity contribution is 0.747. The lowest BCUT2D eigenvalue weighted by atomic mass is 10.1. The van der Waals surface area contributed by atoms with Crippen molar-refractivity contribution in [2.24, 2.45) is 5.73 Å². The number of hydrogen-bond donors (Lipinski definition) is 1. The van der Waals surface area contributed by atoms with Crippen LogP contribution < -0.4 is 5.73 Å². The van der Waals surface area contributed by atoms with Gasteiger partial charge in [0.15, 0.2) is 0 Å². The van der Waals surface area contributed by atoms with Crippen LogP contribution in [0.2, 0.25) is 0 Å². The third kappa shape index (κ3) is 1.53.